The molecule has 0 spiro atoms. The molecule has 0 atom stereocenters. The molecule has 1 fully saturated rings. The molecule has 0 amide bonds. The van der Waals surface area contributed by atoms with Gasteiger partial charge in [-0.25, -0.2) is 13.4 Å². The Morgan fingerprint density at radius 3 is 2.17 bits per heavy atom. The third-order valence-electron chi connectivity index (χ3n) is 5.79. The largest absolute Gasteiger partial charge is 0.467 e. The number of sulfonamides is 1. The van der Waals surface area contributed by atoms with Crippen LogP contribution in [0.2, 0.25) is 0 Å². The van der Waals surface area contributed by atoms with Gasteiger partial charge in [0.05, 0.1) is 15.1 Å². The van der Waals surface area contributed by atoms with Crippen LogP contribution in [0.15, 0.2) is 29.2 Å². The van der Waals surface area contributed by atoms with Crippen LogP contribution in [0.5, 0.6) is 5.19 Å². The summed E-state index contributed by atoms with van der Waals surface area (Å²) in [6.45, 7) is 10.8. The van der Waals surface area contributed by atoms with Gasteiger partial charge in [0.2, 0.25) is 10.0 Å². The van der Waals surface area contributed by atoms with E-state index in [2.05, 4.69) is 31.0 Å². The third kappa shape index (κ3) is 3.86. The van der Waals surface area contributed by atoms with Gasteiger partial charge >= 0.3 is 0 Å². The number of benzene rings is 2. The van der Waals surface area contributed by atoms with Crippen molar-refractivity contribution in [3.05, 3.63) is 52.1 Å². The van der Waals surface area contributed by atoms with Gasteiger partial charge in [0.15, 0.2) is 0 Å². The highest BCUT2D eigenvalue weighted by Gasteiger charge is 2.32. The smallest absolute Gasteiger partial charge is 0.274 e. The Hall–Kier alpha value is -1.96. The van der Waals surface area contributed by atoms with Crippen molar-refractivity contribution in [2.75, 3.05) is 13.1 Å². The Bertz CT molecular complexity index is 1140. The van der Waals surface area contributed by atoms with Crippen molar-refractivity contribution < 1.29 is 13.2 Å². The number of nitrogens with zero attached hydrogens (tertiary/aromatic N) is 2. The van der Waals surface area contributed by atoms with Gasteiger partial charge < -0.3 is 4.74 Å². The van der Waals surface area contributed by atoms with Crippen LogP contribution in [0.1, 0.15) is 40.7 Å². The van der Waals surface area contributed by atoms with Crippen molar-refractivity contribution in [3.63, 3.8) is 0 Å². The number of aromatic nitrogens is 1. The van der Waals surface area contributed by atoms with Gasteiger partial charge in [-0.05, 0) is 69.7 Å². The molecule has 7 heteroatoms. The van der Waals surface area contributed by atoms with E-state index < -0.39 is 10.0 Å². The predicted octanol–water partition coefficient (Wildman–Crippen LogP) is 5.07. The van der Waals surface area contributed by atoms with Crippen molar-refractivity contribution in [3.8, 4) is 5.19 Å². The van der Waals surface area contributed by atoms with E-state index in [-0.39, 0.29) is 6.10 Å². The first-order valence-electron chi connectivity index (χ1n) is 10.3. The molecule has 0 N–H and O–H groups in total. The van der Waals surface area contributed by atoms with Crippen molar-refractivity contribution in [2.45, 2.75) is 58.5 Å². The lowest BCUT2D eigenvalue weighted by molar-refractivity contribution is 0.135. The van der Waals surface area contributed by atoms with E-state index >= 15 is 0 Å². The highest BCUT2D eigenvalue weighted by Crippen LogP contribution is 2.34. The van der Waals surface area contributed by atoms with Gasteiger partial charge in [-0.15, -0.1) is 0 Å². The molecule has 0 unspecified atom stereocenters. The molecule has 0 bridgehead atoms. The average Bonchev–Trinajstić information content (AvgIpc) is 3.09. The summed E-state index contributed by atoms with van der Waals surface area (Å²) in [7, 11) is -3.50. The van der Waals surface area contributed by atoms with Crippen molar-refractivity contribution >= 4 is 31.6 Å². The molecule has 1 aliphatic heterocycles. The summed E-state index contributed by atoms with van der Waals surface area (Å²) in [6.07, 6.45) is 1.31. The molecular weight excluding hydrogens is 416 g/mol. The summed E-state index contributed by atoms with van der Waals surface area (Å²) in [5.41, 5.74) is 6.05. The maximum atomic E-state index is 13.3. The maximum Gasteiger partial charge on any atom is 0.274 e. The van der Waals surface area contributed by atoms with E-state index in [0.717, 1.165) is 32.5 Å². The summed E-state index contributed by atoms with van der Waals surface area (Å²) < 4.78 is 35.5. The third-order valence-corrected chi connectivity index (χ3v) is 9.08. The van der Waals surface area contributed by atoms with Crippen LogP contribution in [0.25, 0.3) is 10.2 Å². The lowest BCUT2D eigenvalue weighted by Gasteiger charge is -2.31. The second-order valence-corrected chi connectivity index (χ2v) is 11.1. The molecule has 4 rings (SSSR count). The lowest BCUT2D eigenvalue weighted by atomic mass is 10.1. The first-order valence-corrected chi connectivity index (χ1v) is 12.5. The standard InChI is InChI=1S/C23H28N2O3S2/c1-14-12-17(4)22(18(5)13-14)30(26,27)25-10-8-19(9-11-25)28-23-24-20-15(2)6-7-16(3)21(20)29-23/h6-7,12-13,19H,8-11H2,1-5H3. The topological polar surface area (TPSA) is 59.5 Å². The molecule has 2 heterocycles. The number of aryl methyl sites for hydroxylation is 5. The van der Waals surface area contributed by atoms with Crippen LogP contribution in [0.4, 0.5) is 0 Å². The monoisotopic (exact) mass is 444 g/mol. The molecule has 0 saturated carbocycles. The second kappa shape index (κ2) is 7.94. The number of rotatable bonds is 4. The average molecular weight is 445 g/mol. The van der Waals surface area contributed by atoms with Crippen molar-refractivity contribution in [1.82, 2.24) is 9.29 Å². The number of hydrogen-bond acceptors (Lipinski definition) is 5. The molecule has 1 saturated heterocycles. The molecule has 1 aliphatic rings. The molecule has 1 aromatic heterocycles. The summed E-state index contributed by atoms with van der Waals surface area (Å²) >= 11 is 1.57. The Kier molecular flexibility index (Phi) is 5.64. The van der Waals surface area contributed by atoms with E-state index in [1.54, 1.807) is 15.6 Å². The predicted molar refractivity (Wildman–Crippen MR) is 122 cm³/mol. The first kappa shape index (κ1) is 21.3. The molecule has 5 nitrogen and oxygen atoms in total. The molecule has 2 aromatic carbocycles. The van der Waals surface area contributed by atoms with E-state index in [9.17, 15) is 8.42 Å². The minimum atomic E-state index is -3.50. The van der Waals surface area contributed by atoms with Crippen LogP contribution in [0.3, 0.4) is 0 Å². The van der Waals surface area contributed by atoms with Crippen molar-refractivity contribution in [2.24, 2.45) is 0 Å². The van der Waals surface area contributed by atoms with Crippen LogP contribution in [-0.2, 0) is 10.0 Å². The number of hydrogen-bond donors (Lipinski definition) is 0. The number of fused-ring (bicyclic) bond motifs is 1. The molecule has 3 aromatic rings. The summed E-state index contributed by atoms with van der Waals surface area (Å²) in [4.78, 5) is 5.13. The highest BCUT2D eigenvalue weighted by atomic mass is 32.2. The Balaban J connectivity index is 1.48. The molecule has 30 heavy (non-hydrogen) atoms. The van der Waals surface area contributed by atoms with Gasteiger partial charge in [-0.1, -0.05) is 41.2 Å². The fourth-order valence-electron chi connectivity index (χ4n) is 4.33. The molecule has 0 aliphatic carbocycles. The van der Waals surface area contributed by atoms with Gasteiger partial charge in [0.1, 0.15) is 6.10 Å². The number of ether oxygens (including phenoxy) is 1. The summed E-state index contributed by atoms with van der Waals surface area (Å²) in [5.74, 6) is 0. The highest BCUT2D eigenvalue weighted by molar-refractivity contribution is 7.89. The van der Waals surface area contributed by atoms with Gasteiger partial charge in [0, 0.05) is 13.1 Å². The van der Waals surface area contributed by atoms with E-state index in [0.29, 0.717) is 36.0 Å². The fraction of sp³-hybridized carbons (Fsp3) is 0.435. The van der Waals surface area contributed by atoms with Crippen LogP contribution < -0.4 is 4.74 Å². The van der Waals surface area contributed by atoms with E-state index in [1.165, 1.54) is 5.56 Å². The van der Waals surface area contributed by atoms with Gasteiger partial charge in [-0.2, -0.15) is 4.31 Å². The molecule has 0 radical (unpaired) electrons. The van der Waals surface area contributed by atoms with Gasteiger partial charge in [0.25, 0.3) is 5.19 Å². The molecule has 160 valence electrons. The normalized spacial score (nSPS) is 16.3. The van der Waals surface area contributed by atoms with Crippen molar-refractivity contribution in [1.29, 1.82) is 0 Å². The van der Waals surface area contributed by atoms with E-state index in [1.807, 2.05) is 32.9 Å². The Morgan fingerprint density at radius 2 is 1.57 bits per heavy atom. The fourth-order valence-corrected chi connectivity index (χ4v) is 7.24. The maximum absolute atomic E-state index is 13.3. The summed E-state index contributed by atoms with van der Waals surface area (Å²) in [6, 6.07) is 8.07. The second-order valence-electron chi connectivity index (χ2n) is 8.31. The van der Waals surface area contributed by atoms with E-state index in [4.69, 9.17) is 4.74 Å². The zero-order valence-corrected chi connectivity index (χ0v) is 19.8. The number of piperidine rings is 1. The quantitative estimate of drug-likeness (QED) is 0.564. The number of thiazole rings is 1. The first-order chi connectivity index (χ1) is 14.2. The summed E-state index contributed by atoms with van der Waals surface area (Å²) in [5, 5.41) is 0.675. The van der Waals surface area contributed by atoms with Crippen LogP contribution in [-0.4, -0.2) is 36.9 Å². The minimum absolute atomic E-state index is 0.0159. The SMILES string of the molecule is Cc1cc(C)c(S(=O)(=O)N2CCC(Oc3nc4c(C)ccc(C)c4s3)CC2)c(C)c1. The minimum Gasteiger partial charge on any atom is -0.467 e. The Morgan fingerprint density at radius 1 is 0.967 bits per heavy atom. The van der Waals surface area contributed by atoms with Crippen LogP contribution in [0, 0.1) is 34.6 Å². The molecular formula is C23H28N2O3S2. The van der Waals surface area contributed by atoms with Crippen LogP contribution >= 0.6 is 11.3 Å². The zero-order chi connectivity index (χ0) is 21.6. The zero-order valence-electron chi connectivity index (χ0n) is 18.2. The van der Waals surface area contributed by atoms with Gasteiger partial charge in [-0.3, -0.25) is 0 Å². The Labute approximate surface area is 182 Å². The lowest BCUT2D eigenvalue weighted by Crippen LogP contribution is -2.42.